The van der Waals surface area contributed by atoms with Gasteiger partial charge in [-0.05, 0) is 31.6 Å². The van der Waals surface area contributed by atoms with Gasteiger partial charge in [0.2, 0.25) is 0 Å². The maximum Gasteiger partial charge on any atom is 0.274 e. The summed E-state index contributed by atoms with van der Waals surface area (Å²) < 4.78 is 1.76. The third-order valence-electron chi connectivity index (χ3n) is 5.26. The molecule has 26 heavy (non-hydrogen) atoms. The van der Waals surface area contributed by atoms with Crippen LogP contribution in [0.5, 0.6) is 0 Å². The molecule has 0 aromatic carbocycles. The summed E-state index contributed by atoms with van der Waals surface area (Å²) in [5, 5.41) is 17.4. The molecule has 2 aromatic heterocycles. The number of likely N-dealkylation sites (tertiary alicyclic amines) is 1. The lowest BCUT2D eigenvalue weighted by Gasteiger charge is -2.37. The minimum Gasteiger partial charge on any atom is -0.393 e. The summed E-state index contributed by atoms with van der Waals surface area (Å²) in [6.07, 6.45) is 10.3. The highest BCUT2D eigenvalue weighted by Crippen LogP contribution is 2.39. The van der Waals surface area contributed by atoms with E-state index < -0.39 is 0 Å². The Labute approximate surface area is 152 Å². The van der Waals surface area contributed by atoms with E-state index in [0.29, 0.717) is 17.4 Å². The second-order valence-corrected chi connectivity index (χ2v) is 7.24. The van der Waals surface area contributed by atoms with Crippen molar-refractivity contribution >= 4 is 11.7 Å². The first-order chi connectivity index (χ1) is 12.6. The molecular formula is C18H24N6O2. The van der Waals surface area contributed by atoms with Crippen LogP contribution in [-0.4, -0.2) is 54.9 Å². The van der Waals surface area contributed by atoms with Crippen molar-refractivity contribution in [1.82, 2.24) is 24.6 Å². The molecule has 138 valence electrons. The minimum absolute atomic E-state index is 0.0152. The van der Waals surface area contributed by atoms with Crippen LogP contribution in [0.2, 0.25) is 0 Å². The Morgan fingerprint density at radius 3 is 2.69 bits per heavy atom. The normalized spacial score (nSPS) is 23.5. The molecule has 0 bridgehead atoms. The van der Waals surface area contributed by atoms with Crippen LogP contribution in [0, 0.1) is 5.92 Å². The minimum atomic E-state index is -0.241. The summed E-state index contributed by atoms with van der Waals surface area (Å²) >= 11 is 0. The number of aromatic nitrogens is 4. The van der Waals surface area contributed by atoms with Crippen LogP contribution >= 0.6 is 0 Å². The standard InChI is InChI=1S/C18H24N6O2/c1-23-11-13(8-20-23)17(12-6-14(25)7-12)22-16-10-19-9-15(21-16)18(26)24-4-2-3-5-24/h8-12,14,17,25H,2-7H2,1H3,(H,21,22)/t12?,14?,17-/m1/s1. The van der Waals surface area contributed by atoms with Gasteiger partial charge >= 0.3 is 0 Å². The van der Waals surface area contributed by atoms with Crippen molar-refractivity contribution in [3.63, 3.8) is 0 Å². The van der Waals surface area contributed by atoms with Crippen molar-refractivity contribution in [3.8, 4) is 0 Å². The molecule has 8 heteroatoms. The van der Waals surface area contributed by atoms with Crippen LogP contribution in [0.3, 0.4) is 0 Å². The highest BCUT2D eigenvalue weighted by Gasteiger charge is 2.35. The van der Waals surface area contributed by atoms with E-state index in [9.17, 15) is 9.90 Å². The van der Waals surface area contributed by atoms with Gasteiger partial charge < -0.3 is 15.3 Å². The van der Waals surface area contributed by atoms with Crippen LogP contribution in [0.25, 0.3) is 0 Å². The van der Waals surface area contributed by atoms with Gasteiger partial charge in [0.25, 0.3) is 5.91 Å². The molecule has 0 radical (unpaired) electrons. The van der Waals surface area contributed by atoms with E-state index in [1.807, 2.05) is 24.3 Å². The summed E-state index contributed by atoms with van der Waals surface area (Å²) in [4.78, 5) is 23.1. The molecule has 3 heterocycles. The number of amides is 1. The van der Waals surface area contributed by atoms with E-state index in [4.69, 9.17) is 0 Å². The lowest BCUT2D eigenvalue weighted by Crippen LogP contribution is -2.36. The van der Waals surface area contributed by atoms with Gasteiger partial charge in [0.1, 0.15) is 11.5 Å². The highest BCUT2D eigenvalue weighted by atomic mass is 16.3. The van der Waals surface area contributed by atoms with Gasteiger partial charge in [-0.25, -0.2) is 4.98 Å². The molecule has 0 spiro atoms. The van der Waals surface area contributed by atoms with Gasteiger partial charge in [-0.2, -0.15) is 5.10 Å². The number of carbonyl (C=O) groups excluding carboxylic acids is 1. The van der Waals surface area contributed by atoms with Crippen molar-refractivity contribution in [3.05, 3.63) is 36.0 Å². The number of hydrogen-bond donors (Lipinski definition) is 2. The van der Waals surface area contributed by atoms with Crippen molar-refractivity contribution in [2.45, 2.75) is 37.8 Å². The maximum atomic E-state index is 12.6. The van der Waals surface area contributed by atoms with Crippen molar-refractivity contribution < 1.29 is 9.90 Å². The van der Waals surface area contributed by atoms with E-state index >= 15 is 0 Å². The molecule has 8 nitrogen and oxygen atoms in total. The van der Waals surface area contributed by atoms with Crippen LogP contribution in [0.1, 0.15) is 47.8 Å². The average molecular weight is 356 g/mol. The van der Waals surface area contributed by atoms with E-state index in [0.717, 1.165) is 44.3 Å². The first-order valence-corrected chi connectivity index (χ1v) is 9.14. The van der Waals surface area contributed by atoms with Crippen LogP contribution < -0.4 is 5.32 Å². The number of aryl methyl sites for hydroxylation is 1. The van der Waals surface area contributed by atoms with Crippen LogP contribution in [0.15, 0.2) is 24.8 Å². The zero-order valence-corrected chi connectivity index (χ0v) is 14.9. The molecular weight excluding hydrogens is 332 g/mol. The Hall–Kier alpha value is -2.48. The molecule has 1 aliphatic heterocycles. The fourth-order valence-corrected chi connectivity index (χ4v) is 3.76. The van der Waals surface area contributed by atoms with Crippen molar-refractivity contribution in [2.75, 3.05) is 18.4 Å². The molecule has 1 saturated carbocycles. The third kappa shape index (κ3) is 3.41. The van der Waals surface area contributed by atoms with Gasteiger partial charge in [-0.3, -0.25) is 14.5 Å². The number of aliphatic hydroxyl groups excluding tert-OH is 1. The summed E-state index contributed by atoms with van der Waals surface area (Å²) in [6, 6.07) is -0.0152. The van der Waals surface area contributed by atoms with Crippen LogP contribution in [-0.2, 0) is 7.05 Å². The van der Waals surface area contributed by atoms with Gasteiger partial charge in [-0.1, -0.05) is 0 Å². The molecule has 2 fully saturated rings. The Kier molecular flexibility index (Phi) is 4.58. The molecule has 1 saturated heterocycles. The predicted molar refractivity (Wildman–Crippen MR) is 95.5 cm³/mol. The highest BCUT2D eigenvalue weighted by molar-refractivity contribution is 5.92. The number of anilines is 1. The number of nitrogens with one attached hydrogen (secondary N) is 1. The van der Waals surface area contributed by atoms with E-state index in [1.165, 1.54) is 6.20 Å². The van der Waals surface area contributed by atoms with Gasteiger partial charge in [-0.15, -0.1) is 0 Å². The summed E-state index contributed by atoms with van der Waals surface area (Å²) in [6.45, 7) is 1.58. The molecule has 1 atom stereocenters. The number of nitrogens with zero attached hydrogens (tertiary/aromatic N) is 5. The smallest absolute Gasteiger partial charge is 0.274 e. The van der Waals surface area contributed by atoms with Crippen molar-refractivity contribution in [1.29, 1.82) is 0 Å². The predicted octanol–water partition coefficient (Wildman–Crippen LogP) is 1.37. The molecule has 0 unspecified atom stereocenters. The number of hydrogen-bond acceptors (Lipinski definition) is 6. The molecule has 4 rings (SSSR count). The SMILES string of the molecule is Cn1cc([C@H](Nc2cncc(C(=O)N3CCCC3)n2)C2CC(O)C2)cn1. The second-order valence-electron chi connectivity index (χ2n) is 7.24. The fraction of sp³-hybridized carbons (Fsp3) is 0.556. The Bertz CT molecular complexity index is 779. The first kappa shape index (κ1) is 17.0. The maximum absolute atomic E-state index is 12.6. The average Bonchev–Trinajstić information content (AvgIpc) is 3.28. The molecule has 2 aromatic rings. The Morgan fingerprint density at radius 2 is 2.04 bits per heavy atom. The topological polar surface area (TPSA) is 96.2 Å². The number of aliphatic hydroxyl groups is 1. The molecule has 2 N–H and O–H groups in total. The zero-order chi connectivity index (χ0) is 18.1. The second kappa shape index (κ2) is 7.03. The molecule has 1 amide bonds. The molecule has 1 aliphatic carbocycles. The number of carbonyl (C=O) groups is 1. The van der Waals surface area contributed by atoms with Gasteiger partial charge in [0, 0.05) is 31.9 Å². The summed E-state index contributed by atoms with van der Waals surface area (Å²) in [7, 11) is 1.88. The van der Waals surface area contributed by atoms with E-state index in [-0.39, 0.29) is 18.1 Å². The monoisotopic (exact) mass is 356 g/mol. The van der Waals surface area contributed by atoms with Crippen LogP contribution in [0.4, 0.5) is 5.82 Å². The zero-order valence-electron chi connectivity index (χ0n) is 14.9. The largest absolute Gasteiger partial charge is 0.393 e. The summed E-state index contributed by atoms with van der Waals surface area (Å²) in [5.41, 5.74) is 1.41. The Balaban J connectivity index is 1.53. The number of rotatable bonds is 5. The van der Waals surface area contributed by atoms with E-state index in [2.05, 4.69) is 20.4 Å². The third-order valence-corrected chi connectivity index (χ3v) is 5.26. The Morgan fingerprint density at radius 1 is 1.27 bits per heavy atom. The lowest BCUT2D eigenvalue weighted by molar-refractivity contribution is 0.0339. The van der Waals surface area contributed by atoms with Gasteiger partial charge in [0.15, 0.2) is 0 Å². The van der Waals surface area contributed by atoms with E-state index in [1.54, 1.807) is 10.9 Å². The molecule has 2 aliphatic rings. The quantitative estimate of drug-likeness (QED) is 0.840. The first-order valence-electron chi connectivity index (χ1n) is 9.14. The van der Waals surface area contributed by atoms with Gasteiger partial charge in [0.05, 0.1) is 30.7 Å². The van der Waals surface area contributed by atoms with Crippen molar-refractivity contribution in [2.24, 2.45) is 13.0 Å². The summed E-state index contributed by atoms with van der Waals surface area (Å²) in [5.74, 6) is 0.815. The fourth-order valence-electron chi connectivity index (χ4n) is 3.76. The lowest BCUT2D eigenvalue weighted by atomic mass is 9.75.